The molecule has 2 atom stereocenters. The molecule has 0 heterocycles. The number of benzene rings is 1. The molecule has 94 valence electrons. The van der Waals surface area contributed by atoms with E-state index in [4.69, 9.17) is 0 Å². The zero-order chi connectivity index (χ0) is 12.3. The van der Waals surface area contributed by atoms with Gasteiger partial charge in [0.1, 0.15) is 0 Å². The smallest absolute Gasteiger partial charge is 0.0361 e. The van der Waals surface area contributed by atoms with E-state index in [1.54, 1.807) is 0 Å². The lowest BCUT2D eigenvalue weighted by atomic mass is 10.1. The summed E-state index contributed by atoms with van der Waals surface area (Å²) in [6.07, 6.45) is 2.59. The molecule has 0 saturated heterocycles. The Hall–Kier alpha value is -1.02. The third-order valence-corrected chi connectivity index (χ3v) is 3.59. The average Bonchev–Trinajstić information content (AvgIpc) is 3.09. The minimum atomic E-state index is 0.801. The highest BCUT2D eigenvalue weighted by atomic mass is 15.1. The normalized spacial score (nSPS) is 22.5. The van der Waals surface area contributed by atoms with Gasteiger partial charge in [-0.3, -0.25) is 0 Å². The van der Waals surface area contributed by atoms with Crippen LogP contribution < -0.4 is 10.2 Å². The molecule has 0 aliphatic heterocycles. The Morgan fingerprint density at radius 2 is 1.94 bits per heavy atom. The lowest BCUT2D eigenvalue weighted by Crippen LogP contribution is -2.17. The van der Waals surface area contributed by atoms with Crippen molar-refractivity contribution in [2.24, 2.45) is 5.92 Å². The Morgan fingerprint density at radius 1 is 1.24 bits per heavy atom. The molecule has 1 N–H and O–H groups in total. The van der Waals surface area contributed by atoms with Crippen LogP contribution in [0.15, 0.2) is 24.3 Å². The highest BCUT2D eigenvalue weighted by Crippen LogP contribution is 2.47. The third-order valence-electron chi connectivity index (χ3n) is 3.59. The molecular weight excluding hydrogens is 208 g/mol. The Bertz CT molecular complexity index is 342. The SMILES string of the molecule is CCCNCC1CC1c1ccc(N(C)C)cc1. The van der Waals surface area contributed by atoms with Crippen molar-refractivity contribution in [1.82, 2.24) is 5.32 Å². The minimum absolute atomic E-state index is 0.801. The Kier molecular flexibility index (Phi) is 4.06. The fourth-order valence-corrected chi connectivity index (χ4v) is 2.37. The molecule has 0 amide bonds. The molecular formula is C15H24N2. The third kappa shape index (κ3) is 3.22. The van der Waals surface area contributed by atoms with E-state index in [0.717, 1.165) is 18.4 Å². The number of nitrogens with zero attached hydrogens (tertiary/aromatic N) is 1. The van der Waals surface area contributed by atoms with Crippen LogP contribution in [-0.2, 0) is 0 Å². The van der Waals surface area contributed by atoms with E-state index in [0.29, 0.717) is 0 Å². The van der Waals surface area contributed by atoms with Crippen molar-refractivity contribution in [1.29, 1.82) is 0 Å². The van der Waals surface area contributed by atoms with Crippen LogP contribution in [0.3, 0.4) is 0 Å². The summed E-state index contributed by atoms with van der Waals surface area (Å²) in [5.74, 6) is 1.67. The molecule has 0 aromatic heterocycles. The molecule has 0 spiro atoms. The number of hydrogen-bond donors (Lipinski definition) is 1. The molecule has 17 heavy (non-hydrogen) atoms. The monoisotopic (exact) mass is 232 g/mol. The van der Waals surface area contributed by atoms with Gasteiger partial charge in [0.25, 0.3) is 0 Å². The molecule has 1 aliphatic rings. The van der Waals surface area contributed by atoms with E-state index in [1.807, 2.05) is 0 Å². The lowest BCUT2D eigenvalue weighted by molar-refractivity contribution is 0.620. The van der Waals surface area contributed by atoms with Crippen LogP contribution in [0, 0.1) is 5.92 Å². The quantitative estimate of drug-likeness (QED) is 0.759. The summed E-state index contributed by atoms with van der Waals surface area (Å²) in [5.41, 5.74) is 2.80. The van der Waals surface area contributed by atoms with Crippen molar-refractivity contribution in [3.05, 3.63) is 29.8 Å². The van der Waals surface area contributed by atoms with Crippen LogP contribution in [0.4, 0.5) is 5.69 Å². The summed E-state index contributed by atoms with van der Waals surface area (Å²) >= 11 is 0. The van der Waals surface area contributed by atoms with Crippen molar-refractivity contribution in [3.8, 4) is 0 Å². The topological polar surface area (TPSA) is 15.3 Å². The van der Waals surface area contributed by atoms with Gasteiger partial charge in [0, 0.05) is 19.8 Å². The highest BCUT2D eigenvalue weighted by Gasteiger charge is 2.37. The molecule has 1 fully saturated rings. The Labute approximate surface area is 105 Å². The summed E-state index contributed by atoms with van der Waals surface area (Å²) in [6, 6.07) is 9.04. The van der Waals surface area contributed by atoms with Crippen molar-refractivity contribution in [2.75, 3.05) is 32.1 Å². The van der Waals surface area contributed by atoms with Crippen molar-refractivity contribution < 1.29 is 0 Å². The van der Waals surface area contributed by atoms with Crippen LogP contribution in [0.2, 0.25) is 0 Å². The van der Waals surface area contributed by atoms with Gasteiger partial charge >= 0.3 is 0 Å². The second kappa shape index (κ2) is 5.54. The van der Waals surface area contributed by atoms with E-state index >= 15 is 0 Å². The molecule has 1 aromatic carbocycles. The molecule has 1 aromatic rings. The van der Waals surface area contributed by atoms with Gasteiger partial charge in [-0.25, -0.2) is 0 Å². The maximum absolute atomic E-state index is 3.52. The second-order valence-corrected chi connectivity index (χ2v) is 5.29. The molecule has 1 aliphatic carbocycles. The first kappa shape index (κ1) is 12.4. The van der Waals surface area contributed by atoms with Gasteiger partial charge in [-0.15, -0.1) is 0 Å². The van der Waals surface area contributed by atoms with E-state index in [2.05, 4.69) is 55.5 Å². The van der Waals surface area contributed by atoms with Gasteiger partial charge in [0.2, 0.25) is 0 Å². The van der Waals surface area contributed by atoms with E-state index in [9.17, 15) is 0 Å². The van der Waals surface area contributed by atoms with E-state index < -0.39 is 0 Å². The molecule has 1 saturated carbocycles. The van der Waals surface area contributed by atoms with Crippen LogP contribution in [-0.4, -0.2) is 27.2 Å². The Morgan fingerprint density at radius 3 is 2.53 bits per heavy atom. The molecule has 2 rings (SSSR count). The largest absolute Gasteiger partial charge is 0.378 e. The van der Waals surface area contributed by atoms with Crippen molar-refractivity contribution in [3.63, 3.8) is 0 Å². The number of hydrogen-bond acceptors (Lipinski definition) is 2. The molecule has 2 nitrogen and oxygen atoms in total. The number of anilines is 1. The van der Waals surface area contributed by atoms with Gasteiger partial charge in [0.05, 0.1) is 0 Å². The van der Waals surface area contributed by atoms with Crippen LogP contribution >= 0.6 is 0 Å². The minimum Gasteiger partial charge on any atom is -0.378 e. The van der Waals surface area contributed by atoms with Gasteiger partial charge in [-0.2, -0.15) is 0 Å². The predicted molar refractivity (Wildman–Crippen MR) is 74.8 cm³/mol. The summed E-state index contributed by atoms with van der Waals surface area (Å²) < 4.78 is 0. The summed E-state index contributed by atoms with van der Waals surface area (Å²) in [4.78, 5) is 2.15. The Balaban J connectivity index is 1.84. The highest BCUT2D eigenvalue weighted by molar-refractivity contribution is 5.47. The zero-order valence-corrected chi connectivity index (χ0v) is 11.2. The van der Waals surface area contributed by atoms with Crippen molar-refractivity contribution in [2.45, 2.75) is 25.7 Å². The maximum Gasteiger partial charge on any atom is 0.0361 e. The van der Waals surface area contributed by atoms with Gasteiger partial charge in [0.15, 0.2) is 0 Å². The first-order valence-electron chi connectivity index (χ1n) is 6.70. The number of rotatable bonds is 6. The van der Waals surface area contributed by atoms with Crippen molar-refractivity contribution >= 4 is 5.69 Å². The standard InChI is InChI=1S/C15H24N2/c1-4-9-16-11-13-10-15(13)12-5-7-14(8-6-12)17(2)3/h5-8,13,15-16H,4,9-11H2,1-3H3. The zero-order valence-electron chi connectivity index (χ0n) is 11.2. The van der Waals surface area contributed by atoms with Crippen LogP contribution in [0.25, 0.3) is 0 Å². The molecule has 2 unspecified atom stereocenters. The van der Waals surface area contributed by atoms with Gasteiger partial charge < -0.3 is 10.2 Å². The summed E-state index contributed by atoms with van der Waals surface area (Å²) in [7, 11) is 4.17. The van der Waals surface area contributed by atoms with Crippen LogP contribution in [0.1, 0.15) is 31.2 Å². The van der Waals surface area contributed by atoms with Gasteiger partial charge in [-0.1, -0.05) is 19.1 Å². The fourth-order valence-electron chi connectivity index (χ4n) is 2.37. The van der Waals surface area contributed by atoms with Crippen LogP contribution in [0.5, 0.6) is 0 Å². The van der Waals surface area contributed by atoms with E-state index in [1.165, 1.54) is 30.6 Å². The molecule has 2 heteroatoms. The first-order valence-corrected chi connectivity index (χ1v) is 6.70. The lowest BCUT2D eigenvalue weighted by Gasteiger charge is -2.12. The fraction of sp³-hybridized carbons (Fsp3) is 0.600. The van der Waals surface area contributed by atoms with E-state index in [-0.39, 0.29) is 0 Å². The maximum atomic E-state index is 3.52. The summed E-state index contributed by atoms with van der Waals surface area (Å²) in [5, 5.41) is 3.52. The predicted octanol–water partition coefficient (Wildman–Crippen LogP) is 2.86. The summed E-state index contributed by atoms with van der Waals surface area (Å²) in [6.45, 7) is 4.56. The molecule has 0 bridgehead atoms. The first-order chi connectivity index (χ1) is 8.22. The molecule has 0 radical (unpaired) electrons. The number of nitrogens with one attached hydrogen (secondary N) is 1. The second-order valence-electron chi connectivity index (χ2n) is 5.29. The van der Waals surface area contributed by atoms with Gasteiger partial charge in [-0.05, 0) is 55.5 Å². The average molecular weight is 232 g/mol.